The highest BCUT2D eigenvalue weighted by atomic mass is 19.1. The Morgan fingerprint density at radius 1 is 1.06 bits per heavy atom. The summed E-state index contributed by atoms with van der Waals surface area (Å²) in [6, 6.07) is 12.3. The molecular weight excluding hydrogens is 415 g/mol. The van der Waals surface area contributed by atoms with Crippen molar-refractivity contribution >= 4 is 22.6 Å². The molecule has 0 bridgehead atoms. The number of hydrogen-bond donors (Lipinski definition) is 1. The van der Waals surface area contributed by atoms with Crippen LogP contribution in [0.5, 0.6) is 0 Å². The van der Waals surface area contributed by atoms with E-state index in [1.165, 1.54) is 17.8 Å². The molecule has 166 valence electrons. The Balaban J connectivity index is 1.15. The van der Waals surface area contributed by atoms with Crippen LogP contribution in [0, 0.1) is 40.3 Å². The van der Waals surface area contributed by atoms with Crippen LogP contribution in [0.15, 0.2) is 48.8 Å². The van der Waals surface area contributed by atoms with Gasteiger partial charge in [0.15, 0.2) is 0 Å². The van der Waals surface area contributed by atoms with Gasteiger partial charge >= 0.3 is 0 Å². The average Bonchev–Trinajstić information content (AvgIpc) is 3.40. The van der Waals surface area contributed by atoms with Gasteiger partial charge in [-0.2, -0.15) is 5.26 Å². The van der Waals surface area contributed by atoms with Crippen molar-refractivity contribution in [1.29, 1.82) is 5.26 Å². The molecule has 6 heteroatoms. The maximum Gasteiger partial charge on any atom is 0.232 e. The summed E-state index contributed by atoms with van der Waals surface area (Å²) in [7, 11) is 0. The smallest absolute Gasteiger partial charge is 0.232 e. The van der Waals surface area contributed by atoms with Crippen LogP contribution in [-0.2, 0) is 4.79 Å². The van der Waals surface area contributed by atoms with Crippen LogP contribution >= 0.6 is 0 Å². The second kappa shape index (κ2) is 7.62. The van der Waals surface area contributed by atoms with Gasteiger partial charge in [-0.05, 0) is 104 Å². The number of anilines is 1. The standard InChI is InChI=1S/C27H25FN4O/c28-21-2-3-24-23(13-21)22(5-8-30-24)19-9-17-11-20(12-18(17)10-19)27(6-7-27)26(33)32-25-4-1-16(14-29)15-31-25/h1-5,8,13,15,17-20H,6-7,9-12H2,(H,31,32,33)/t17-,18?,19?,20?/m0/s1. The minimum atomic E-state index is -0.262. The molecule has 5 nitrogen and oxygen atoms in total. The van der Waals surface area contributed by atoms with Crippen LogP contribution in [0.1, 0.15) is 55.6 Å². The lowest BCUT2D eigenvalue weighted by atomic mass is 9.83. The Labute approximate surface area is 192 Å². The number of hydrogen-bond acceptors (Lipinski definition) is 4. The van der Waals surface area contributed by atoms with Crippen LogP contribution in [0.4, 0.5) is 10.2 Å². The number of rotatable bonds is 4. The Bertz CT molecular complexity index is 1260. The van der Waals surface area contributed by atoms with Crippen LogP contribution in [-0.4, -0.2) is 15.9 Å². The molecule has 3 aliphatic carbocycles. The zero-order chi connectivity index (χ0) is 22.6. The van der Waals surface area contributed by atoms with E-state index in [9.17, 15) is 9.18 Å². The fourth-order valence-electron chi connectivity index (χ4n) is 6.55. The van der Waals surface area contributed by atoms with Crippen LogP contribution < -0.4 is 5.32 Å². The number of halogens is 1. The minimum absolute atomic E-state index is 0.0804. The molecular formula is C27H25FN4O. The van der Waals surface area contributed by atoms with Crippen molar-refractivity contribution in [3.63, 3.8) is 0 Å². The lowest BCUT2D eigenvalue weighted by molar-refractivity contribution is -0.123. The Morgan fingerprint density at radius 2 is 1.85 bits per heavy atom. The quantitative estimate of drug-likeness (QED) is 0.574. The SMILES string of the molecule is N#Cc1ccc(NC(=O)C2(C3CC4CC(c5ccnc6ccc(F)cc56)C[C@H]4C3)CC2)nc1. The topological polar surface area (TPSA) is 78.7 Å². The molecule has 0 radical (unpaired) electrons. The number of nitrogens with one attached hydrogen (secondary N) is 1. The third-order valence-electron chi connectivity index (χ3n) is 8.35. The minimum Gasteiger partial charge on any atom is -0.310 e. The number of carbonyl (C=O) groups excluding carboxylic acids is 1. The lowest BCUT2D eigenvalue weighted by Gasteiger charge is -2.24. The van der Waals surface area contributed by atoms with E-state index in [0.717, 1.165) is 49.4 Å². The van der Waals surface area contributed by atoms with E-state index in [1.807, 2.05) is 12.3 Å². The molecule has 1 aromatic carbocycles. The number of nitrogens with zero attached hydrogens (tertiary/aromatic N) is 3. The molecule has 1 N–H and O–H groups in total. The second-order valence-electron chi connectivity index (χ2n) is 10.1. The zero-order valence-corrected chi connectivity index (χ0v) is 18.3. The number of carbonyl (C=O) groups is 1. The molecule has 3 saturated carbocycles. The molecule has 33 heavy (non-hydrogen) atoms. The van der Waals surface area contributed by atoms with Crippen molar-refractivity contribution in [3.8, 4) is 6.07 Å². The summed E-state index contributed by atoms with van der Waals surface area (Å²) in [5.41, 5.74) is 2.30. The molecule has 0 spiro atoms. The van der Waals surface area contributed by atoms with Gasteiger partial charge < -0.3 is 5.32 Å². The molecule has 2 heterocycles. The van der Waals surface area contributed by atoms with E-state index >= 15 is 0 Å². The summed E-state index contributed by atoms with van der Waals surface area (Å²) in [5, 5.41) is 12.9. The first-order chi connectivity index (χ1) is 16.1. The van der Waals surface area contributed by atoms with E-state index in [0.29, 0.717) is 35.1 Å². The molecule has 3 aromatic rings. The molecule has 1 amide bonds. The van der Waals surface area contributed by atoms with Crippen LogP contribution in [0.25, 0.3) is 10.9 Å². The number of aromatic nitrogens is 2. The second-order valence-corrected chi connectivity index (χ2v) is 10.1. The number of amides is 1. The zero-order valence-electron chi connectivity index (χ0n) is 18.3. The van der Waals surface area contributed by atoms with E-state index in [1.54, 1.807) is 24.3 Å². The first-order valence-electron chi connectivity index (χ1n) is 11.8. The Hall–Kier alpha value is -3.33. The van der Waals surface area contributed by atoms with E-state index < -0.39 is 0 Å². The molecule has 6 rings (SSSR count). The maximum atomic E-state index is 13.9. The lowest BCUT2D eigenvalue weighted by Crippen LogP contribution is -2.30. The van der Waals surface area contributed by atoms with Gasteiger partial charge in [0.05, 0.1) is 16.5 Å². The highest BCUT2D eigenvalue weighted by molar-refractivity contribution is 5.96. The van der Waals surface area contributed by atoms with Gasteiger partial charge in [0.1, 0.15) is 17.7 Å². The molecule has 2 aromatic heterocycles. The predicted octanol–water partition coefficient (Wildman–Crippen LogP) is 5.58. The summed E-state index contributed by atoms with van der Waals surface area (Å²) in [4.78, 5) is 21.8. The normalized spacial score (nSPS) is 27.2. The highest BCUT2D eigenvalue weighted by Crippen LogP contribution is 2.63. The van der Waals surface area contributed by atoms with Gasteiger partial charge in [-0.3, -0.25) is 9.78 Å². The van der Waals surface area contributed by atoms with Crippen molar-refractivity contribution in [2.24, 2.45) is 23.2 Å². The molecule has 0 aliphatic heterocycles. The molecule has 3 fully saturated rings. The number of nitriles is 1. The summed E-state index contributed by atoms with van der Waals surface area (Å²) >= 11 is 0. The number of fused-ring (bicyclic) bond motifs is 2. The van der Waals surface area contributed by atoms with Crippen molar-refractivity contribution < 1.29 is 9.18 Å². The average molecular weight is 441 g/mol. The predicted molar refractivity (Wildman–Crippen MR) is 123 cm³/mol. The molecule has 4 atom stereocenters. The van der Waals surface area contributed by atoms with Gasteiger partial charge in [0, 0.05) is 17.8 Å². The Kier molecular flexibility index (Phi) is 4.69. The van der Waals surface area contributed by atoms with Gasteiger partial charge in [-0.25, -0.2) is 9.37 Å². The maximum absolute atomic E-state index is 13.9. The molecule has 3 unspecified atom stereocenters. The third-order valence-corrected chi connectivity index (χ3v) is 8.35. The van der Waals surface area contributed by atoms with Crippen molar-refractivity contribution in [3.05, 3.63) is 65.7 Å². The van der Waals surface area contributed by atoms with Crippen LogP contribution in [0.3, 0.4) is 0 Å². The van der Waals surface area contributed by atoms with Gasteiger partial charge in [-0.1, -0.05) is 0 Å². The van der Waals surface area contributed by atoms with Crippen molar-refractivity contribution in [2.45, 2.75) is 44.4 Å². The monoisotopic (exact) mass is 440 g/mol. The Morgan fingerprint density at radius 3 is 2.52 bits per heavy atom. The fourth-order valence-corrected chi connectivity index (χ4v) is 6.55. The van der Waals surface area contributed by atoms with Gasteiger partial charge in [-0.15, -0.1) is 0 Å². The van der Waals surface area contributed by atoms with E-state index in [-0.39, 0.29) is 17.1 Å². The number of benzene rings is 1. The first-order valence-corrected chi connectivity index (χ1v) is 11.8. The molecule has 0 saturated heterocycles. The van der Waals surface area contributed by atoms with Crippen LogP contribution in [0.2, 0.25) is 0 Å². The number of pyridine rings is 2. The summed E-state index contributed by atoms with van der Waals surface area (Å²) in [6.07, 6.45) is 9.60. The van der Waals surface area contributed by atoms with Crippen molar-refractivity contribution in [1.82, 2.24) is 9.97 Å². The first kappa shape index (κ1) is 20.3. The molecule has 3 aliphatic rings. The van der Waals surface area contributed by atoms with E-state index in [2.05, 4.69) is 21.4 Å². The van der Waals surface area contributed by atoms with Crippen molar-refractivity contribution in [2.75, 3.05) is 5.32 Å². The summed E-state index contributed by atoms with van der Waals surface area (Å²) < 4.78 is 13.9. The summed E-state index contributed by atoms with van der Waals surface area (Å²) in [6.45, 7) is 0. The largest absolute Gasteiger partial charge is 0.310 e. The van der Waals surface area contributed by atoms with Gasteiger partial charge in [0.2, 0.25) is 5.91 Å². The highest BCUT2D eigenvalue weighted by Gasteiger charge is 2.59. The summed E-state index contributed by atoms with van der Waals surface area (Å²) in [5.74, 6) is 2.47. The third kappa shape index (κ3) is 3.47. The fraction of sp³-hybridized carbons (Fsp3) is 0.407. The van der Waals surface area contributed by atoms with E-state index in [4.69, 9.17) is 5.26 Å². The van der Waals surface area contributed by atoms with Gasteiger partial charge in [0.25, 0.3) is 0 Å².